The van der Waals surface area contributed by atoms with Crippen molar-refractivity contribution in [1.29, 1.82) is 5.26 Å². The van der Waals surface area contributed by atoms with E-state index in [1.807, 2.05) is 16.8 Å². The molecule has 1 aliphatic carbocycles. The summed E-state index contributed by atoms with van der Waals surface area (Å²) in [6.07, 6.45) is 9.07. The van der Waals surface area contributed by atoms with Crippen molar-refractivity contribution < 1.29 is 13.9 Å². The van der Waals surface area contributed by atoms with Crippen molar-refractivity contribution >= 4 is 22.8 Å². The third kappa shape index (κ3) is 5.75. The number of hydrogen-bond donors (Lipinski definition) is 1. The average Bonchev–Trinajstić information content (AvgIpc) is 3.73. The summed E-state index contributed by atoms with van der Waals surface area (Å²) in [6.45, 7) is 1.01. The molecule has 6 rings (SSSR count). The van der Waals surface area contributed by atoms with E-state index < -0.39 is 0 Å². The molecule has 208 valence electrons. The zero-order valence-electron chi connectivity index (χ0n) is 22.5. The van der Waals surface area contributed by atoms with E-state index in [1.165, 1.54) is 31.3 Å². The van der Waals surface area contributed by atoms with E-state index in [-0.39, 0.29) is 23.3 Å². The van der Waals surface area contributed by atoms with E-state index in [9.17, 15) is 14.4 Å². The first-order chi connectivity index (χ1) is 20.0. The molecule has 0 spiro atoms. The molecule has 2 aliphatic rings. The number of nitrogens with zero attached hydrogens (tertiary/aromatic N) is 6. The van der Waals surface area contributed by atoms with Gasteiger partial charge in [-0.15, -0.1) is 0 Å². The number of hydrogen-bond acceptors (Lipinski definition) is 7. The number of carbonyl (C=O) groups excluding carboxylic acids is 1. The van der Waals surface area contributed by atoms with Gasteiger partial charge in [-0.3, -0.25) is 4.79 Å². The van der Waals surface area contributed by atoms with Crippen LogP contribution >= 0.6 is 0 Å². The Labute approximate surface area is 237 Å². The van der Waals surface area contributed by atoms with Crippen LogP contribution in [0.3, 0.4) is 0 Å². The molecule has 0 bridgehead atoms. The third-order valence-electron chi connectivity index (χ3n) is 7.68. The highest BCUT2D eigenvalue weighted by atomic mass is 19.1. The van der Waals surface area contributed by atoms with E-state index >= 15 is 0 Å². The number of halogens is 1. The van der Waals surface area contributed by atoms with E-state index in [0.29, 0.717) is 47.1 Å². The Morgan fingerprint density at radius 3 is 2.73 bits per heavy atom. The first kappa shape index (κ1) is 26.4. The van der Waals surface area contributed by atoms with E-state index in [2.05, 4.69) is 16.0 Å². The maximum absolute atomic E-state index is 13.5. The zero-order valence-corrected chi connectivity index (χ0v) is 22.5. The molecule has 3 heterocycles. The van der Waals surface area contributed by atoms with Gasteiger partial charge in [-0.1, -0.05) is 25.0 Å². The molecule has 2 aromatic heterocycles. The topological polar surface area (TPSA) is 123 Å². The second-order valence-corrected chi connectivity index (χ2v) is 10.6. The first-order valence-electron chi connectivity index (χ1n) is 13.9. The molecule has 0 unspecified atom stereocenters. The number of rotatable bonds is 8. The van der Waals surface area contributed by atoms with E-state index in [4.69, 9.17) is 15.6 Å². The molecule has 2 fully saturated rings. The molecule has 1 amide bonds. The first-order valence-corrected chi connectivity index (χ1v) is 13.9. The van der Waals surface area contributed by atoms with Crippen LogP contribution in [-0.4, -0.2) is 43.6 Å². The number of fused-ring (bicyclic) bond motifs is 1. The Hall–Kier alpha value is -4.78. The van der Waals surface area contributed by atoms with Crippen LogP contribution in [0.15, 0.2) is 66.5 Å². The van der Waals surface area contributed by atoms with E-state index in [0.717, 1.165) is 37.2 Å². The number of ether oxygens (including phenoxy) is 1. The van der Waals surface area contributed by atoms with Gasteiger partial charge in [0, 0.05) is 24.7 Å². The number of nitrogen functional groups attached to an aromatic ring is 1. The molecule has 2 N–H and O–H groups in total. The maximum Gasteiger partial charge on any atom is 0.264 e. The number of nitriles is 1. The highest BCUT2D eigenvalue weighted by molar-refractivity contribution is 5.99. The maximum atomic E-state index is 13.5. The van der Waals surface area contributed by atoms with Gasteiger partial charge < -0.3 is 15.4 Å². The number of piperidine rings is 1. The Bertz CT molecular complexity index is 1650. The summed E-state index contributed by atoms with van der Waals surface area (Å²) in [7, 11) is 0. The molecule has 4 aromatic rings. The summed E-state index contributed by atoms with van der Waals surface area (Å²) in [6, 6.07) is 15.2. The summed E-state index contributed by atoms with van der Waals surface area (Å²) < 4.78 is 21.2. The Morgan fingerprint density at radius 1 is 1.15 bits per heavy atom. The van der Waals surface area contributed by atoms with Crippen LogP contribution in [0.4, 0.5) is 10.2 Å². The Kier molecular flexibility index (Phi) is 7.33. The summed E-state index contributed by atoms with van der Waals surface area (Å²) >= 11 is 0. The van der Waals surface area contributed by atoms with Crippen molar-refractivity contribution in [3.05, 3.63) is 72.3 Å². The van der Waals surface area contributed by atoms with Crippen molar-refractivity contribution in [1.82, 2.24) is 24.6 Å². The van der Waals surface area contributed by atoms with E-state index in [1.54, 1.807) is 35.2 Å². The van der Waals surface area contributed by atoms with Crippen LogP contribution in [-0.2, 0) is 4.79 Å². The van der Waals surface area contributed by atoms with Gasteiger partial charge in [-0.2, -0.15) is 10.4 Å². The molecule has 1 atom stereocenters. The molecule has 1 saturated heterocycles. The molecule has 41 heavy (non-hydrogen) atoms. The monoisotopic (exact) mass is 551 g/mol. The second kappa shape index (κ2) is 11.4. The van der Waals surface area contributed by atoms with Gasteiger partial charge >= 0.3 is 0 Å². The van der Waals surface area contributed by atoms with Crippen molar-refractivity contribution in [2.45, 2.75) is 44.6 Å². The minimum Gasteiger partial charge on any atom is -0.457 e. The van der Waals surface area contributed by atoms with Gasteiger partial charge in [-0.25, -0.2) is 19.0 Å². The number of amides is 1. The lowest BCUT2D eigenvalue weighted by Crippen LogP contribution is -2.41. The molecule has 1 aliphatic heterocycles. The number of allylic oxidation sites excluding steroid dienone is 1. The van der Waals surface area contributed by atoms with Crippen molar-refractivity contribution in [2.24, 2.45) is 5.92 Å². The van der Waals surface area contributed by atoms with Gasteiger partial charge in [0.05, 0.1) is 11.4 Å². The van der Waals surface area contributed by atoms with Gasteiger partial charge in [0.2, 0.25) is 0 Å². The van der Waals surface area contributed by atoms with Gasteiger partial charge in [0.1, 0.15) is 46.8 Å². The lowest BCUT2D eigenvalue weighted by molar-refractivity contribution is -0.128. The lowest BCUT2D eigenvalue weighted by atomic mass is 10.0. The average molecular weight is 552 g/mol. The number of benzene rings is 2. The standard InChI is InChI=1S/C31H30FN7O2/c32-23-6-2-8-26(16-23)41-25-13-11-21(12-14-25)28-27-29(34)35-19-36-30(27)39(37-28)24-7-3-15-38(18-24)31(40)22(17-33)5-1-4-20-9-10-20/h2,5-6,8,11-14,16,19-20,24H,1,3-4,7,9-10,15,18H2,(H2,34,35,36)/b22-5+/t24-/m1/s1. The summed E-state index contributed by atoms with van der Waals surface area (Å²) in [5, 5.41) is 15.2. The molecule has 2 aromatic carbocycles. The van der Waals surface area contributed by atoms with Crippen LogP contribution in [0.5, 0.6) is 11.5 Å². The van der Waals surface area contributed by atoms with Crippen LogP contribution in [0, 0.1) is 23.1 Å². The summed E-state index contributed by atoms with van der Waals surface area (Å²) in [5.74, 6) is 1.40. The predicted molar refractivity (Wildman–Crippen MR) is 152 cm³/mol. The van der Waals surface area contributed by atoms with Crippen LogP contribution in [0.25, 0.3) is 22.3 Å². The Balaban J connectivity index is 1.25. The molecule has 10 heteroatoms. The van der Waals surface area contributed by atoms with Crippen LogP contribution in [0.2, 0.25) is 0 Å². The lowest BCUT2D eigenvalue weighted by Gasteiger charge is -2.32. The number of aromatic nitrogens is 4. The second-order valence-electron chi connectivity index (χ2n) is 10.6. The quantitative estimate of drug-likeness (QED) is 0.216. The highest BCUT2D eigenvalue weighted by Gasteiger charge is 2.30. The minimum atomic E-state index is -0.372. The van der Waals surface area contributed by atoms with Crippen LogP contribution < -0.4 is 10.5 Å². The normalized spacial score (nSPS) is 17.4. The fourth-order valence-electron chi connectivity index (χ4n) is 5.36. The zero-order chi connectivity index (χ0) is 28.3. The smallest absolute Gasteiger partial charge is 0.264 e. The van der Waals surface area contributed by atoms with Crippen molar-refractivity contribution in [2.75, 3.05) is 18.8 Å². The number of anilines is 1. The number of likely N-dealkylation sites (tertiary alicyclic amines) is 1. The third-order valence-corrected chi connectivity index (χ3v) is 7.68. The predicted octanol–water partition coefficient (Wildman–Crippen LogP) is 5.81. The summed E-state index contributed by atoms with van der Waals surface area (Å²) in [5.41, 5.74) is 8.53. The van der Waals surface area contributed by atoms with Crippen molar-refractivity contribution in [3.63, 3.8) is 0 Å². The van der Waals surface area contributed by atoms with Gasteiger partial charge in [0.25, 0.3) is 5.91 Å². The fraction of sp³-hybridized carbons (Fsp3) is 0.323. The Morgan fingerprint density at radius 2 is 1.98 bits per heavy atom. The van der Waals surface area contributed by atoms with Gasteiger partial charge in [0.15, 0.2) is 5.65 Å². The van der Waals surface area contributed by atoms with Crippen molar-refractivity contribution in [3.8, 4) is 28.8 Å². The minimum absolute atomic E-state index is 0.139. The molecule has 1 saturated carbocycles. The SMILES string of the molecule is N#C/C(=C\CCC1CC1)C(=O)N1CCC[C@@H](n2nc(-c3ccc(Oc4cccc(F)c4)cc3)c3c(N)ncnc32)C1. The fourth-order valence-corrected chi connectivity index (χ4v) is 5.36. The number of carbonyl (C=O) groups is 1. The van der Waals surface area contributed by atoms with Crippen LogP contribution in [0.1, 0.15) is 44.6 Å². The number of nitrogens with two attached hydrogens (primary N) is 1. The molecule has 9 nitrogen and oxygen atoms in total. The highest BCUT2D eigenvalue weighted by Crippen LogP contribution is 2.36. The molecular weight excluding hydrogens is 521 g/mol. The molecular formula is C31H30FN7O2. The summed E-state index contributed by atoms with van der Waals surface area (Å²) in [4.78, 5) is 23.7. The molecule has 0 radical (unpaired) electrons. The van der Waals surface area contributed by atoms with Gasteiger partial charge in [-0.05, 0) is 68.0 Å². The largest absolute Gasteiger partial charge is 0.457 e.